The van der Waals surface area contributed by atoms with Crippen molar-refractivity contribution in [3.05, 3.63) is 29.8 Å². The summed E-state index contributed by atoms with van der Waals surface area (Å²) in [5.41, 5.74) is 2.63. The van der Waals surface area contributed by atoms with Gasteiger partial charge in [-0.05, 0) is 25.0 Å². The zero-order chi connectivity index (χ0) is 11.1. The fraction of sp³-hybridized carbons (Fsp3) is 0.538. The van der Waals surface area contributed by atoms with E-state index in [1.54, 1.807) is 7.11 Å². The molecule has 0 aliphatic rings. The number of aryl methyl sites for hydroxylation is 1. The van der Waals surface area contributed by atoms with Crippen molar-refractivity contribution in [1.29, 1.82) is 0 Å². The van der Waals surface area contributed by atoms with Crippen LogP contribution in [0.5, 0.6) is 0 Å². The molecule has 1 atom stereocenters. The van der Waals surface area contributed by atoms with Crippen LogP contribution < -0.4 is 5.32 Å². The molecular formula is C13H21NO. The molecule has 1 N–H and O–H groups in total. The highest BCUT2D eigenvalue weighted by Gasteiger charge is 2.04. The first-order chi connectivity index (χ1) is 7.27. The minimum absolute atomic E-state index is 0.355. The van der Waals surface area contributed by atoms with Crippen LogP contribution in [0.15, 0.2) is 24.3 Å². The van der Waals surface area contributed by atoms with E-state index in [0.29, 0.717) is 6.04 Å². The van der Waals surface area contributed by atoms with E-state index in [1.807, 2.05) is 0 Å². The molecule has 15 heavy (non-hydrogen) atoms. The number of methoxy groups -OCH3 is 1. The quantitative estimate of drug-likeness (QED) is 0.774. The maximum Gasteiger partial charge on any atom is 0.0661 e. The van der Waals surface area contributed by atoms with Crippen molar-refractivity contribution in [3.8, 4) is 0 Å². The number of rotatable bonds is 6. The molecule has 0 aliphatic carbocycles. The van der Waals surface area contributed by atoms with Gasteiger partial charge in [-0.2, -0.15) is 0 Å². The average Bonchev–Trinajstić information content (AvgIpc) is 2.21. The Morgan fingerprint density at radius 3 is 2.73 bits per heavy atom. The average molecular weight is 207 g/mol. The summed E-state index contributed by atoms with van der Waals surface area (Å²) in [6, 6.07) is 8.84. The second-order valence-corrected chi connectivity index (χ2v) is 3.91. The molecule has 0 unspecified atom stereocenters. The van der Waals surface area contributed by atoms with Gasteiger partial charge in [0, 0.05) is 18.8 Å². The summed E-state index contributed by atoms with van der Waals surface area (Å²) in [7, 11) is 1.73. The number of ether oxygens (including phenoxy) is 1. The Kier molecular flexibility index (Phi) is 5.19. The normalized spacial score (nSPS) is 12.5. The Bertz CT molecular complexity index is 286. The van der Waals surface area contributed by atoms with Gasteiger partial charge < -0.3 is 10.1 Å². The maximum absolute atomic E-state index is 5.11. The molecular weight excluding hydrogens is 186 g/mol. The zero-order valence-electron chi connectivity index (χ0n) is 9.92. The van der Waals surface area contributed by atoms with Gasteiger partial charge in [-0.3, -0.25) is 0 Å². The smallest absolute Gasteiger partial charge is 0.0661 e. The Labute approximate surface area is 92.6 Å². The molecule has 0 bridgehead atoms. The van der Waals surface area contributed by atoms with Crippen molar-refractivity contribution < 1.29 is 4.74 Å². The largest absolute Gasteiger partial charge is 0.383 e. The van der Waals surface area contributed by atoms with Gasteiger partial charge in [-0.25, -0.2) is 0 Å². The van der Waals surface area contributed by atoms with Crippen LogP contribution in [0.2, 0.25) is 0 Å². The Morgan fingerprint density at radius 2 is 2.07 bits per heavy atom. The van der Waals surface area contributed by atoms with Gasteiger partial charge in [0.2, 0.25) is 0 Å². The molecule has 0 aromatic heterocycles. The van der Waals surface area contributed by atoms with Gasteiger partial charge in [-0.15, -0.1) is 0 Å². The molecule has 1 rings (SSSR count). The molecule has 0 amide bonds. The van der Waals surface area contributed by atoms with Crippen molar-refractivity contribution in [2.24, 2.45) is 0 Å². The van der Waals surface area contributed by atoms with Crippen LogP contribution in [0.25, 0.3) is 0 Å². The highest BCUT2D eigenvalue weighted by atomic mass is 16.5. The molecule has 2 heteroatoms. The van der Waals surface area contributed by atoms with Gasteiger partial charge in [0.25, 0.3) is 0 Å². The lowest BCUT2D eigenvalue weighted by Crippen LogP contribution is -2.21. The summed E-state index contributed by atoms with van der Waals surface area (Å²) < 4.78 is 5.11. The third kappa shape index (κ3) is 3.92. The van der Waals surface area contributed by atoms with Crippen molar-refractivity contribution in [3.63, 3.8) is 0 Å². The van der Waals surface area contributed by atoms with E-state index in [-0.39, 0.29) is 0 Å². The van der Waals surface area contributed by atoms with Crippen LogP contribution in [0.3, 0.4) is 0 Å². The van der Waals surface area contributed by atoms with Crippen molar-refractivity contribution >= 4 is 5.69 Å². The lowest BCUT2D eigenvalue weighted by atomic mass is 10.1. The number of hydrogen-bond acceptors (Lipinski definition) is 2. The molecule has 0 fully saturated rings. The lowest BCUT2D eigenvalue weighted by Gasteiger charge is -2.17. The first-order valence-electron chi connectivity index (χ1n) is 5.61. The van der Waals surface area contributed by atoms with Crippen LogP contribution in [-0.2, 0) is 11.2 Å². The van der Waals surface area contributed by atoms with Crippen LogP contribution >= 0.6 is 0 Å². The Hall–Kier alpha value is -1.02. The monoisotopic (exact) mass is 207 g/mol. The summed E-state index contributed by atoms with van der Waals surface area (Å²) in [5.74, 6) is 0. The molecule has 0 aliphatic heterocycles. The number of para-hydroxylation sites is 1. The molecule has 2 nitrogen and oxygen atoms in total. The van der Waals surface area contributed by atoms with Crippen LogP contribution in [0, 0.1) is 0 Å². The molecule has 0 heterocycles. The lowest BCUT2D eigenvalue weighted by molar-refractivity contribution is 0.190. The van der Waals surface area contributed by atoms with Gasteiger partial charge in [0.15, 0.2) is 0 Å². The van der Waals surface area contributed by atoms with Gasteiger partial charge in [-0.1, -0.05) is 31.5 Å². The van der Waals surface area contributed by atoms with Crippen molar-refractivity contribution in [2.45, 2.75) is 32.7 Å². The molecule has 0 saturated heterocycles. The predicted octanol–water partition coefficient (Wildman–Crippen LogP) is 3.09. The SMILES string of the molecule is CCCc1ccccc1N[C@@H](C)COC. The number of anilines is 1. The van der Waals surface area contributed by atoms with E-state index < -0.39 is 0 Å². The van der Waals surface area contributed by atoms with Gasteiger partial charge in [0.05, 0.1) is 6.61 Å². The molecule has 1 aromatic carbocycles. The summed E-state index contributed by atoms with van der Waals surface area (Å²) in [5, 5.41) is 3.47. The van der Waals surface area contributed by atoms with Crippen molar-refractivity contribution in [1.82, 2.24) is 0 Å². The number of benzene rings is 1. The maximum atomic E-state index is 5.11. The summed E-state index contributed by atoms with van der Waals surface area (Å²) in [4.78, 5) is 0. The van der Waals surface area contributed by atoms with E-state index >= 15 is 0 Å². The molecule has 0 saturated carbocycles. The highest BCUT2D eigenvalue weighted by Crippen LogP contribution is 2.17. The molecule has 0 spiro atoms. The van der Waals surface area contributed by atoms with E-state index in [4.69, 9.17) is 4.74 Å². The van der Waals surface area contributed by atoms with Crippen molar-refractivity contribution in [2.75, 3.05) is 19.0 Å². The second-order valence-electron chi connectivity index (χ2n) is 3.91. The third-order valence-corrected chi connectivity index (χ3v) is 2.36. The standard InChI is InChI=1S/C13H21NO/c1-4-7-12-8-5-6-9-13(12)14-11(2)10-15-3/h5-6,8-9,11,14H,4,7,10H2,1-3H3/t11-/m0/s1. The first-order valence-corrected chi connectivity index (χ1v) is 5.61. The van der Waals surface area contributed by atoms with Gasteiger partial charge in [0.1, 0.15) is 0 Å². The van der Waals surface area contributed by atoms with E-state index in [2.05, 4.69) is 43.4 Å². The minimum atomic E-state index is 0.355. The first kappa shape index (κ1) is 12.1. The number of hydrogen-bond donors (Lipinski definition) is 1. The summed E-state index contributed by atoms with van der Waals surface area (Å²) >= 11 is 0. The molecule has 84 valence electrons. The van der Waals surface area contributed by atoms with Crippen LogP contribution in [-0.4, -0.2) is 19.8 Å². The fourth-order valence-electron chi connectivity index (χ4n) is 1.71. The number of nitrogens with one attached hydrogen (secondary N) is 1. The fourth-order valence-corrected chi connectivity index (χ4v) is 1.71. The van der Waals surface area contributed by atoms with E-state index in [0.717, 1.165) is 13.0 Å². The van der Waals surface area contributed by atoms with E-state index in [9.17, 15) is 0 Å². The molecule has 0 radical (unpaired) electrons. The summed E-state index contributed by atoms with van der Waals surface area (Å²) in [6.07, 6.45) is 2.31. The zero-order valence-corrected chi connectivity index (χ0v) is 9.92. The summed E-state index contributed by atoms with van der Waals surface area (Å²) in [6.45, 7) is 5.07. The Morgan fingerprint density at radius 1 is 1.33 bits per heavy atom. The predicted molar refractivity (Wildman–Crippen MR) is 65.4 cm³/mol. The molecule has 1 aromatic rings. The Balaban J connectivity index is 2.66. The third-order valence-electron chi connectivity index (χ3n) is 2.36. The highest BCUT2D eigenvalue weighted by molar-refractivity contribution is 5.51. The van der Waals surface area contributed by atoms with E-state index in [1.165, 1.54) is 17.7 Å². The topological polar surface area (TPSA) is 21.3 Å². The minimum Gasteiger partial charge on any atom is -0.383 e. The second kappa shape index (κ2) is 6.46. The van der Waals surface area contributed by atoms with Gasteiger partial charge >= 0.3 is 0 Å². The van der Waals surface area contributed by atoms with Crippen LogP contribution in [0.4, 0.5) is 5.69 Å². The van der Waals surface area contributed by atoms with Crippen LogP contribution in [0.1, 0.15) is 25.8 Å².